The van der Waals surface area contributed by atoms with Crippen molar-refractivity contribution in [1.29, 1.82) is 0 Å². The first-order valence-corrected chi connectivity index (χ1v) is 8.34. The molecule has 2 unspecified atom stereocenters. The van der Waals surface area contributed by atoms with Crippen LogP contribution < -0.4 is 21.3 Å². The standard InChI is InChI=1S/C18H22N4O3/c1-12-9-16(5-7-19-12)22-18(24)21-15-4-2-3-14(10-15)20-17(23)13-6-8-25-11-13/h2-4,6,8,10-12,16,19H,5,7,9H2,1H3,(H,20,23)(H2,21,22,24). The Bertz CT molecular complexity index is 730. The van der Waals surface area contributed by atoms with Gasteiger partial charge in [-0.05, 0) is 50.6 Å². The number of hydrogen-bond donors (Lipinski definition) is 4. The number of benzene rings is 1. The van der Waals surface area contributed by atoms with Crippen LogP contribution in [-0.2, 0) is 0 Å². The van der Waals surface area contributed by atoms with Gasteiger partial charge in [0.1, 0.15) is 6.26 Å². The molecule has 132 valence electrons. The Morgan fingerprint density at radius 1 is 1.20 bits per heavy atom. The Balaban J connectivity index is 1.56. The summed E-state index contributed by atoms with van der Waals surface area (Å²) in [5.41, 5.74) is 1.65. The predicted molar refractivity (Wildman–Crippen MR) is 95.7 cm³/mol. The van der Waals surface area contributed by atoms with Crippen LogP contribution >= 0.6 is 0 Å². The molecular weight excluding hydrogens is 320 g/mol. The van der Waals surface area contributed by atoms with Gasteiger partial charge in [0.2, 0.25) is 0 Å². The molecule has 0 spiro atoms. The fourth-order valence-corrected chi connectivity index (χ4v) is 2.89. The van der Waals surface area contributed by atoms with Crippen molar-refractivity contribution < 1.29 is 14.0 Å². The Labute approximate surface area is 146 Å². The summed E-state index contributed by atoms with van der Waals surface area (Å²) in [6.07, 6.45) is 4.65. The normalized spacial score (nSPS) is 19.9. The van der Waals surface area contributed by atoms with Gasteiger partial charge < -0.3 is 25.7 Å². The van der Waals surface area contributed by atoms with Crippen molar-refractivity contribution in [2.75, 3.05) is 17.2 Å². The maximum Gasteiger partial charge on any atom is 0.319 e. The average Bonchev–Trinajstić information content (AvgIpc) is 3.09. The smallest absolute Gasteiger partial charge is 0.319 e. The third-order valence-electron chi connectivity index (χ3n) is 4.12. The van der Waals surface area contributed by atoms with Crippen LogP contribution in [0.5, 0.6) is 0 Å². The van der Waals surface area contributed by atoms with Gasteiger partial charge in [0.25, 0.3) is 5.91 Å². The summed E-state index contributed by atoms with van der Waals surface area (Å²) in [5.74, 6) is -0.265. The highest BCUT2D eigenvalue weighted by Gasteiger charge is 2.19. The van der Waals surface area contributed by atoms with Crippen molar-refractivity contribution in [2.45, 2.75) is 31.8 Å². The summed E-state index contributed by atoms with van der Waals surface area (Å²) in [6.45, 7) is 3.01. The molecule has 7 heteroatoms. The number of carbonyl (C=O) groups is 2. The van der Waals surface area contributed by atoms with Crippen LogP contribution in [0.4, 0.5) is 16.2 Å². The van der Waals surface area contributed by atoms with E-state index in [0.717, 1.165) is 19.4 Å². The molecule has 3 amide bonds. The summed E-state index contributed by atoms with van der Waals surface area (Å²) in [7, 11) is 0. The molecule has 0 bridgehead atoms. The monoisotopic (exact) mass is 342 g/mol. The molecule has 3 rings (SSSR count). The van der Waals surface area contributed by atoms with Gasteiger partial charge in [-0.2, -0.15) is 0 Å². The largest absolute Gasteiger partial charge is 0.472 e. The number of hydrogen-bond acceptors (Lipinski definition) is 4. The SMILES string of the molecule is CC1CC(NC(=O)Nc2cccc(NC(=O)c3ccoc3)c2)CCN1. The van der Waals surface area contributed by atoms with Gasteiger partial charge in [0.05, 0.1) is 11.8 Å². The molecule has 1 saturated heterocycles. The van der Waals surface area contributed by atoms with Gasteiger partial charge in [-0.1, -0.05) is 6.07 Å². The van der Waals surface area contributed by atoms with Crippen molar-refractivity contribution in [3.8, 4) is 0 Å². The Morgan fingerprint density at radius 2 is 2.00 bits per heavy atom. The number of urea groups is 1. The minimum absolute atomic E-state index is 0.167. The van der Waals surface area contributed by atoms with Crippen LogP contribution in [0, 0.1) is 0 Å². The first-order valence-electron chi connectivity index (χ1n) is 8.34. The number of anilines is 2. The molecule has 1 fully saturated rings. The van der Waals surface area contributed by atoms with Crippen LogP contribution in [0.25, 0.3) is 0 Å². The Hall–Kier alpha value is -2.80. The van der Waals surface area contributed by atoms with Gasteiger partial charge in [-0.3, -0.25) is 4.79 Å². The van der Waals surface area contributed by atoms with Gasteiger partial charge in [0.15, 0.2) is 0 Å². The molecule has 0 saturated carbocycles. The van der Waals surface area contributed by atoms with E-state index in [-0.39, 0.29) is 18.0 Å². The van der Waals surface area contributed by atoms with E-state index in [2.05, 4.69) is 28.2 Å². The number of carbonyl (C=O) groups excluding carboxylic acids is 2. The Kier molecular flexibility index (Phi) is 5.35. The third kappa shape index (κ3) is 4.84. The molecule has 1 aromatic heterocycles. The maximum absolute atomic E-state index is 12.2. The Morgan fingerprint density at radius 3 is 2.72 bits per heavy atom. The summed E-state index contributed by atoms with van der Waals surface area (Å²) in [5, 5.41) is 11.9. The highest BCUT2D eigenvalue weighted by molar-refractivity contribution is 6.04. The zero-order valence-electron chi connectivity index (χ0n) is 14.0. The lowest BCUT2D eigenvalue weighted by Crippen LogP contribution is -2.47. The van der Waals surface area contributed by atoms with Crippen molar-refractivity contribution in [3.05, 3.63) is 48.4 Å². The molecule has 25 heavy (non-hydrogen) atoms. The number of rotatable bonds is 4. The summed E-state index contributed by atoms with van der Waals surface area (Å²) in [4.78, 5) is 24.2. The quantitative estimate of drug-likeness (QED) is 0.687. The van der Waals surface area contributed by atoms with Gasteiger partial charge in [-0.15, -0.1) is 0 Å². The molecule has 1 aromatic carbocycles. The van der Waals surface area contributed by atoms with Gasteiger partial charge in [-0.25, -0.2) is 4.79 Å². The second kappa shape index (κ2) is 7.85. The molecule has 4 N–H and O–H groups in total. The molecule has 2 aromatic rings. The summed E-state index contributed by atoms with van der Waals surface area (Å²) in [6, 6.07) is 8.94. The number of amides is 3. The fourth-order valence-electron chi connectivity index (χ4n) is 2.89. The maximum atomic E-state index is 12.2. The molecule has 0 radical (unpaired) electrons. The van der Waals surface area contributed by atoms with E-state index in [0.29, 0.717) is 23.0 Å². The van der Waals surface area contributed by atoms with Gasteiger partial charge in [0, 0.05) is 23.5 Å². The molecular formula is C18H22N4O3. The highest BCUT2D eigenvalue weighted by atomic mass is 16.3. The minimum Gasteiger partial charge on any atom is -0.472 e. The summed E-state index contributed by atoms with van der Waals surface area (Å²) >= 11 is 0. The lowest BCUT2D eigenvalue weighted by molar-refractivity contribution is 0.102. The van der Waals surface area contributed by atoms with Crippen LogP contribution in [-0.4, -0.2) is 30.6 Å². The first kappa shape index (κ1) is 17.0. The third-order valence-corrected chi connectivity index (χ3v) is 4.12. The molecule has 2 atom stereocenters. The molecule has 2 heterocycles. The van der Waals surface area contributed by atoms with Crippen molar-refractivity contribution in [3.63, 3.8) is 0 Å². The zero-order chi connectivity index (χ0) is 17.6. The first-order chi connectivity index (χ1) is 12.1. The molecule has 7 nitrogen and oxygen atoms in total. The zero-order valence-corrected chi connectivity index (χ0v) is 14.0. The number of furan rings is 1. The number of piperidine rings is 1. The topological polar surface area (TPSA) is 95.4 Å². The molecule has 1 aliphatic rings. The van der Waals surface area contributed by atoms with E-state index >= 15 is 0 Å². The highest BCUT2D eigenvalue weighted by Crippen LogP contribution is 2.16. The van der Waals surface area contributed by atoms with Crippen LogP contribution in [0.1, 0.15) is 30.1 Å². The number of nitrogens with one attached hydrogen (secondary N) is 4. The molecule has 1 aliphatic heterocycles. The minimum atomic E-state index is -0.265. The van der Waals surface area contributed by atoms with Crippen molar-refractivity contribution in [2.24, 2.45) is 0 Å². The van der Waals surface area contributed by atoms with Crippen LogP contribution in [0.3, 0.4) is 0 Å². The molecule has 0 aliphatic carbocycles. The van der Waals surface area contributed by atoms with Crippen LogP contribution in [0.15, 0.2) is 47.3 Å². The average molecular weight is 342 g/mol. The second-order valence-electron chi connectivity index (χ2n) is 6.22. The van der Waals surface area contributed by atoms with E-state index in [9.17, 15) is 9.59 Å². The van der Waals surface area contributed by atoms with E-state index in [1.165, 1.54) is 12.5 Å². The van der Waals surface area contributed by atoms with Gasteiger partial charge >= 0.3 is 6.03 Å². The van der Waals surface area contributed by atoms with E-state index in [4.69, 9.17) is 4.42 Å². The summed E-state index contributed by atoms with van der Waals surface area (Å²) < 4.78 is 4.90. The second-order valence-corrected chi connectivity index (χ2v) is 6.22. The van der Waals surface area contributed by atoms with E-state index < -0.39 is 0 Å². The van der Waals surface area contributed by atoms with Crippen molar-refractivity contribution in [1.82, 2.24) is 10.6 Å². The fraction of sp³-hybridized carbons (Fsp3) is 0.333. The van der Waals surface area contributed by atoms with Crippen molar-refractivity contribution >= 4 is 23.3 Å². The lowest BCUT2D eigenvalue weighted by atomic mass is 10.0. The van der Waals surface area contributed by atoms with E-state index in [1.54, 1.807) is 30.3 Å². The predicted octanol–water partition coefficient (Wildman–Crippen LogP) is 2.79. The van der Waals surface area contributed by atoms with E-state index in [1.807, 2.05) is 0 Å². The lowest BCUT2D eigenvalue weighted by Gasteiger charge is -2.28. The van der Waals surface area contributed by atoms with Crippen LogP contribution in [0.2, 0.25) is 0 Å².